The number of nitrogens with zero attached hydrogens (tertiary/aromatic N) is 2. The highest BCUT2D eigenvalue weighted by Gasteiger charge is 2.04. The van der Waals surface area contributed by atoms with Gasteiger partial charge in [-0.05, 0) is 34.7 Å². The van der Waals surface area contributed by atoms with E-state index in [2.05, 4.69) is 32.6 Å². The lowest BCUT2D eigenvalue weighted by molar-refractivity contribution is 0.413. The Bertz CT molecular complexity index is 517. The number of ether oxygens (including phenoxy) is 2. The maximum Gasteiger partial charge on any atom is 0.321 e. The van der Waals surface area contributed by atoms with Crippen LogP contribution in [0.5, 0.6) is 17.5 Å². The van der Waals surface area contributed by atoms with E-state index < -0.39 is 0 Å². The van der Waals surface area contributed by atoms with Gasteiger partial charge in [0.1, 0.15) is 11.5 Å². The molecule has 0 amide bonds. The Labute approximate surface area is 112 Å². The molecule has 88 valence electrons. The van der Waals surface area contributed by atoms with Gasteiger partial charge in [0.2, 0.25) is 0 Å². The number of methoxy groups -OCH3 is 1. The summed E-state index contributed by atoms with van der Waals surface area (Å²) in [6.07, 6.45) is 3.35. The smallest absolute Gasteiger partial charge is 0.321 e. The van der Waals surface area contributed by atoms with Gasteiger partial charge in [-0.2, -0.15) is 0 Å². The number of nitrogen functional groups attached to an aromatic ring is 1. The molecule has 1 aromatic heterocycles. The number of anilines is 1. The van der Waals surface area contributed by atoms with E-state index in [1.54, 1.807) is 37.7 Å². The molecule has 0 atom stereocenters. The summed E-state index contributed by atoms with van der Waals surface area (Å²) in [4.78, 5) is 8.07. The molecule has 2 rings (SSSR count). The van der Waals surface area contributed by atoms with E-state index in [1.165, 1.54) is 0 Å². The third-order valence-corrected chi connectivity index (χ3v) is 2.56. The van der Waals surface area contributed by atoms with Crippen LogP contribution in [0.25, 0.3) is 0 Å². The molecule has 0 saturated carbocycles. The number of rotatable bonds is 3. The third kappa shape index (κ3) is 2.96. The Morgan fingerprint density at radius 1 is 1.24 bits per heavy atom. The summed E-state index contributed by atoms with van der Waals surface area (Å²) in [5, 5.41) is 0. The third-order valence-electron chi connectivity index (χ3n) is 2.01. The largest absolute Gasteiger partial charge is 0.495 e. The molecule has 5 nitrogen and oxygen atoms in total. The summed E-state index contributed by atoms with van der Waals surface area (Å²) in [6, 6.07) is 5.43. The number of hydrogen-bond donors (Lipinski definition) is 1. The number of hydrogen-bond acceptors (Lipinski definition) is 5. The predicted molar refractivity (Wildman–Crippen MR) is 72.2 cm³/mol. The van der Waals surface area contributed by atoms with Crippen LogP contribution < -0.4 is 15.2 Å². The molecule has 0 unspecified atom stereocenters. The normalized spacial score (nSPS) is 10.0. The molecule has 2 aromatic rings. The Hall–Kier alpha value is -1.57. The first-order valence-electron chi connectivity index (χ1n) is 4.78. The average Bonchev–Trinajstić information content (AvgIpc) is 2.32. The van der Waals surface area contributed by atoms with Gasteiger partial charge in [-0.3, -0.25) is 0 Å². The highest BCUT2D eigenvalue weighted by molar-refractivity contribution is 14.1. The minimum absolute atomic E-state index is 0.287. The van der Waals surface area contributed by atoms with Gasteiger partial charge in [0, 0.05) is 22.0 Å². The number of aromatic nitrogens is 2. The van der Waals surface area contributed by atoms with E-state index in [0.29, 0.717) is 17.2 Å². The van der Waals surface area contributed by atoms with Gasteiger partial charge in [0.25, 0.3) is 0 Å². The fourth-order valence-corrected chi connectivity index (χ4v) is 1.51. The van der Waals surface area contributed by atoms with Crippen LogP contribution in [0.15, 0.2) is 30.6 Å². The van der Waals surface area contributed by atoms with Crippen LogP contribution in [0.2, 0.25) is 0 Å². The van der Waals surface area contributed by atoms with Crippen molar-refractivity contribution in [2.75, 3.05) is 12.8 Å². The van der Waals surface area contributed by atoms with E-state index in [-0.39, 0.29) is 6.01 Å². The van der Waals surface area contributed by atoms with E-state index in [1.807, 2.05) is 0 Å². The zero-order chi connectivity index (χ0) is 12.3. The quantitative estimate of drug-likeness (QED) is 0.685. The summed E-state index contributed by atoms with van der Waals surface area (Å²) in [7, 11) is 1.56. The summed E-state index contributed by atoms with van der Waals surface area (Å²) >= 11 is 2.13. The van der Waals surface area contributed by atoms with Crippen molar-refractivity contribution in [3.63, 3.8) is 0 Å². The fourth-order valence-electron chi connectivity index (χ4n) is 1.23. The van der Waals surface area contributed by atoms with Gasteiger partial charge < -0.3 is 15.2 Å². The first-order valence-corrected chi connectivity index (χ1v) is 5.86. The van der Waals surface area contributed by atoms with Crippen molar-refractivity contribution in [2.24, 2.45) is 0 Å². The molecule has 0 saturated heterocycles. The maximum absolute atomic E-state index is 5.76. The fraction of sp³-hybridized carbons (Fsp3) is 0.0909. The van der Waals surface area contributed by atoms with Crippen molar-refractivity contribution in [3.05, 3.63) is 34.2 Å². The lowest BCUT2D eigenvalue weighted by atomic mass is 10.3. The van der Waals surface area contributed by atoms with E-state index >= 15 is 0 Å². The molecule has 0 aliphatic carbocycles. The zero-order valence-electron chi connectivity index (χ0n) is 9.05. The molecule has 1 heterocycles. The standard InChI is InChI=1S/C11H10IN3O2/c1-16-10-3-2-8(4-9(10)13)17-11-14-5-7(12)6-15-11/h2-6H,13H2,1H3. The average molecular weight is 343 g/mol. The summed E-state index contributed by atoms with van der Waals surface area (Å²) < 4.78 is 11.5. The molecule has 17 heavy (non-hydrogen) atoms. The van der Waals surface area contributed by atoms with Crippen molar-refractivity contribution in [3.8, 4) is 17.5 Å². The second-order valence-electron chi connectivity index (χ2n) is 3.19. The molecule has 0 radical (unpaired) electrons. The van der Waals surface area contributed by atoms with Crippen molar-refractivity contribution >= 4 is 28.3 Å². The molecule has 0 spiro atoms. The molecule has 0 aliphatic heterocycles. The van der Waals surface area contributed by atoms with Gasteiger partial charge in [0.15, 0.2) is 0 Å². The maximum atomic E-state index is 5.76. The van der Waals surface area contributed by atoms with Crippen molar-refractivity contribution in [1.82, 2.24) is 9.97 Å². The summed E-state index contributed by atoms with van der Waals surface area (Å²) in [6.45, 7) is 0. The minimum atomic E-state index is 0.287. The van der Waals surface area contributed by atoms with Gasteiger partial charge >= 0.3 is 6.01 Å². The Kier molecular flexibility index (Phi) is 3.62. The van der Waals surface area contributed by atoms with Crippen molar-refractivity contribution in [1.29, 1.82) is 0 Å². The van der Waals surface area contributed by atoms with Crippen LogP contribution in [0.4, 0.5) is 5.69 Å². The Balaban J connectivity index is 2.19. The molecule has 1 aromatic carbocycles. The Morgan fingerprint density at radius 2 is 1.94 bits per heavy atom. The molecule has 0 bridgehead atoms. The van der Waals surface area contributed by atoms with Crippen molar-refractivity contribution in [2.45, 2.75) is 0 Å². The predicted octanol–water partition coefficient (Wildman–Crippen LogP) is 2.46. The molecule has 2 N–H and O–H groups in total. The summed E-state index contributed by atoms with van der Waals surface area (Å²) in [5.41, 5.74) is 6.27. The molecule has 0 aliphatic rings. The van der Waals surface area contributed by atoms with Crippen molar-refractivity contribution < 1.29 is 9.47 Å². The van der Waals surface area contributed by atoms with Crippen LogP contribution in [-0.2, 0) is 0 Å². The van der Waals surface area contributed by atoms with E-state index in [4.69, 9.17) is 15.2 Å². The highest BCUT2D eigenvalue weighted by atomic mass is 127. The lowest BCUT2D eigenvalue weighted by Gasteiger charge is -2.07. The minimum Gasteiger partial charge on any atom is -0.495 e. The van der Waals surface area contributed by atoms with Crippen LogP contribution in [0.1, 0.15) is 0 Å². The van der Waals surface area contributed by atoms with Crippen LogP contribution in [0, 0.1) is 3.57 Å². The molecular formula is C11H10IN3O2. The number of benzene rings is 1. The van der Waals surface area contributed by atoms with E-state index in [0.717, 1.165) is 3.57 Å². The van der Waals surface area contributed by atoms with Crippen LogP contribution in [-0.4, -0.2) is 17.1 Å². The summed E-state index contributed by atoms with van der Waals surface area (Å²) in [5.74, 6) is 1.19. The zero-order valence-corrected chi connectivity index (χ0v) is 11.2. The van der Waals surface area contributed by atoms with Crippen LogP contribution in [0.3, 0.4) is 0 Å². The van der Waals surface area contributed by atoms with Gasteiger partial charge in [-0.25, -0.2) is 9.97 Å². The van der Waals surface area contributed by atoms with Gasteiger partial charge in [-0.15, -0.1) is 0 Å². The monoisotopic (exact) mass is 343 g/mol. The molecule has 0 fully saturated rings. The topological polar surface area (TPSA) is 70.3 Å². The second kappa shape index (κ2) is 5.17. The number of nitrogens with two attached hydrogens (primary N) is 1. The molecule has 6 heteroatoms. The highest BCUT2D eigenvalue weighted by Crippen LogP contribution is 2.27. The first-order chi connectivity index (χ1) is 8.19. The van der Waals surface area contributed by atoms with Crippen LogP contribution >= 0.6 is 22.6 Å². The second-order valence-corrected chi connectivity index (χ2v) is 4.44. The molecular weight excluding hydrogens is 333 g/mol. The lowest BCUT2D eigenvalue weighted by Crippen LogP contribution is -1.95. The van der Waals surface area contributed by atoms with E-state index in [9.17, 15) is 0 Å². The Morgan fingerprint density at radius 3 is 2.53 bits per heavy atom. The van der Waals surface area contributed by atoms with Gasteiger partial charge in [-0.1, -0.05) is 0 Å². The first kappa shape index (κ1) is 11.9. The number of halogens is 1. The SMILES string of the molecule is COc1ccc(Oc2ncc(I)cn2)cc1N. The van der Waals surface area contributed by atoms with Gasteiger partial charge in [0.05, 0.1) is 12.8 Å².